The van der Waals surface area contributed by atoms with Crippen LogP contribution in [0.25, 0.3) is 0 Å². The quantitative estimate of drug-likeness (QED) is 0.909. The third-order valence-corrected chi connectivity index (χ3v) is 3.72. The Balaban J connectivity index is 2.08. The third-order valence-electron chi connectivity index (χ3n) is 3.49. The Morgan fingerprint density at radius 3 is 2.89 bits per heavy atom. The number of rotatable bonds is 4. The third kappa shape index (κ3) is 2.85. The van der Waals surface area contributed by atoms with Crippen molar-refractivity contribution in [1.82, 2.24) is 10.2 Å². The van der Waals surface area contributed by atoms with Gasteiger partial charge in [0.1, 0.15) is 0 Å². The molecule has 4 heteroatoms. The molecule has 0 saturated carbocycles. The van der Waals surface area contributed by atoms with E-state index in [1.165, 1.54) is 0 Å². The van der Waals surface area contributed by atoms with E-state index in [0.29, 0.717) is 0 Å². The standard InChI is InChI=1S/C14H19ClN2O/c1-3-12(10-5-4-6-11(15)9-10)16-13-7-8-17(2)14(13)18/h4-6,9,12-13,16H,3,7-8H2,1-2H3. The van der Waals surface area contributed by atoms with Gasteiger partial charge in [0, 0.05) is 24.7 Å². The molecule has 1 amide bonds. The van der Waals surface area contributed by atoms with Crippen molar-refractivity contribution < 1.29 is 4.79 Å². The minimum atomic E-state index is -0.0565. The van der Waals surface area contributed by atoms with Gasteiger partial charge in [-0.2, -0.15) is 0 Å². The maximum Gasteiger partial charge on any atom is 0.239 e. The Morgan fingerprint density at radius 2 is 2.33 bits per heavy atom. The summed E-state index contributed by atoms with van der Waals surface area (Å²) in [7, 11) is 1.85. The summed E-state index contributed by atoms with van der Waals surface area (Å²) >= 11 is 6.01. The largest absolute Gasteiger partial charge is 0.344 e. The number of halogens is 1. The molecule has 1 saturated heterocycles. The van der Waals surface area contributed by atoms with Gasteiger partial charge in [-0.05, 0) is 30.5 Å². The Hall–Kier alpha value is -1.06. The number of nitrogens with one attached hydrogen (secondary N) is 1. The molecule has 0 bridgehead atoms. The topological polar surface area (TPSA) is 32.3 Å². The van der Waals surface area contributed by atoms with Gasteiger partial charge >= 0.3 is 0 Å². The van der Waals surface area contributed by atoms with Crippen molar-refractivity contribution in [2.45, 2.75) is 31.8 Å². The molecule has 2 atom stereocenters. The smallest absolute Gasteiger partial charge is 0.239 e. The predicted octanol–water partition coefficient (Wildman–Crippen LogP) is 2.61. The number of likely N-dealkylation sites (tertiary alicyclic amines) is 1. The highest BCUT2D eigenvalue weighted by Crippen LogP contribution is 2.22. The summed E-state index contributed by atoms with van der Waals surface area (Å²) in [6.07, 6.45) is 1.82. The number of amides is 1. The van der Waals surface area contributed by atoms with Crippen LogP contribution >= 0.6 is 11.6 Å². The van der Waals surface area contributed by atoms with E-state index in [1.807, 2.05) is 25.2 Å². The molecule has 1 aliphatic heterocycles. The predicted molar refractivity (Wildman–Crippen MR) is 73.7 cm³/mol. The maximum atomic E-state index is 11.9. The second kappa shape index (κ2) is 5.72. The number of likely N-dealkylation sites (N-methyl/N-ethyl adjacent to an activating group) is 1. The van der Waals surface area contributed by atoms with Gasteiger partial charge in [0.2, 0.25) is 5.91 Å². The first-order valence-corrected chi connectivity index (χ1v) is 6.76. The zero-order valence-corrected chi connectivity index (χ0v) is 11.6. The normalized spacial score (nSPS) is 21.4. The molecule has 2 unspecified atom stereocenters. The lowest BCUT2D eigenvalue weighted by Crippen LogP contribution is -2.39. The van der Waals surface area contributed by atoms with Crippen molar-refractivity contribution in [3.8, 4) is 0 Å². The molecule has 18 heavy (non-hydrogen) atoms. The first-order valence-electron chi connectivity index (χ1n) is 6.38. The Bertz CT molecular complexity index is 436. The molecule has 0 aromatic heterocycles. The zero-order chi connectivity index (χ0) is 13.1. The van der Waals surface area contributed by atoms with E-state index >= 15 is 0 Å². The van der Waals surface area contributed by atoms with Crippen molar-refractivity contribution in [2.75, 3.05) is 13.6 Å². The summed E-state index contributed by atoms with van der Waals surface area (Å²) in [6.45, 7) is 2.95. The average Bonchev–Trinajstić information content (AvgIpc) is 2.67. The number of carbonyl (C=O) groups excluding carboxylic acids is 1. The molecular weight excluding hydrogens is 248 g/mol. The van der Waals surface area contributed by atoms with E-state index in [-0.39, 0.29) is 18.0 Å². The average molecular weight is 267 g/mol. The molecule has 1 aromatic carbocycles. The van der Waals surface area contributed by atoms with Crippen molar-refractivity contribution in [1.29, 1.82) is 0 Å². The summed E-state index contributed by atoms with van der Waals surface area (Å²) in [5.41, 5.74) is 1.15. The minimum Gasteiger partial charge on any atom is -0.344 e. The number of carbonyl (C=O) groups is 1. The van der Waals surface area contributed by atoms with E-state index in [2.05, 4.69) is 18.3 Å². The van der Waals surface area contributed by atoms with Crippen LogP contribution in [-0.4, -0.2) is 30.4 Å². The van der Waals surface area contributed by atoms with Crippen molar-refractivity contribution in [3.05, 3.63) is 34.9 Å². The van der Waals surface area contributed by atoms with Crippen molar-refractivity contribution in [2.24, 2.45) is 0 Å². The first kappa shape index (κ1) is 13.4. The van der Waals surface area contributed by atoms with Crippen LogP contribution in [0.1, 0.15) is 31.4 Å². The minimum absolute atomic E-state index is 0.0565. The molecule has 0 aliphatic carbocycles. The molecule has 2 rings (SSSR count). The van der Waals surface area contributed by atoms with Crippen LogP contribution in [0, 0.1) is 0 Å². The van der Waals surface area contributed by atoms with Crippen LogP contribution < -0.4 is 5.32 Å². The van der Waals surface area contributed by atoms with E-state index in [0.717, 1.165) is 30.0 Å². The van der Waals surface area contributed by atoms with Crippen molar-refractivity contribution in [3.63, 3.8) is 0 Å². The fourth-order valence-electron chi connectivity index (χ4n) is 2.39. The van der Waals surface area contributed by atoms with Gasteiger partial charge in [-0.15, -0.1) is 0 Å². The van der Waals surface area contributed by atoms with Gasteiger partial charge in [-0.1, -0.05) is 30.7 Å². The van der Waals surface area contributed by atoms with Crippen LogP contribution in [0.2, 0.25) is 5.02 Å². The van der Waals surface area contributed by atoms with Crippen LogP contribution in [0.3, 0.4) is 0 Å². The second-order valence-electron chi connectivity index (χ2n) is 4.78. The lowest BCUT2D eigenvalue weighted by molar-refractivity contribution is -0.128. The molecule has 0 radical (unpaired) electrons. The molecule has 98 valence electrons. The van der Waals surface area contributed by atoms with Crippen molar-refractivity contribution >= 4 is 17.5 Å². The van der Waals surface area contributed by atoms with E-state index in [1.54, 1.807) is 4.90 Å². The molecule has 3 nitrogen and oxygen atoms in total. The van der Waals surface area contributed by atoms with Crippen LogP contribution in [0.4, 0.5) is 0 Å². The van der Waals surface area contributed by atoms with Gasteiger partial charge < -0.3 is 4.90 Å². The molecule has 1 fully saturated rings. The summed E-state index contributed by atoms with van der Waals surface area (Å²) in [4.78, 5) is 13.7. The second-order valence-corrected chi connectivity index (χ2v) is 5.22. The highest BCUT2D eigenvalue weighted by Gasteiger charge is 2.30. The maximum absolute atomic E-state index is 11.9. The molecule has 0 spiro atoms. The number of hydrogen-bond acceptors (Lipinski definition) is 2. The van der Waals surface area contributed by atoms with E-state index in [4.69, 9.17) is 11.6 Å². The van der Waals surface area contributed by atoms with Gasteiger partial charge in [0.25, 0.3) is 0 Å². The lowest BCUT2D eigenvalue weighted by Gasteiger charge is -2.21. The Kier molecular flexibility index (Phi) is 4.25. The summed E-state index contributed by atoms with van der Waals surface area (Å²) in [5.74, 6) is 0.190. The van der Waals surface area contributed by atoms with Gasteiger partial charge in [0.05, 0.1) is 6.04 Å². The number of benzene rings is 1. The summed E-state index contributed by atoms with van der Waals surface area (Å²) in [6, 6.07) is 7.96. The molecular formula is C14H19ClN2O. The zero-order valence-electron chi connectivity index (χ0n) is 10.8. The molecule has 1 aromatic rings. The SMILES string of the molecule is CCC(NC1CCN(C)C1=O)c1cccc(Cl)c1. The van der Waals surface area contributed by atoms with Crippen LogP contribution in [0.15, 0.2) is 24.3 Å². The highest BCUT2D eigenvalue weighted by atomic mass is 35.5. The fourth-order valence-corrected chi connectivity index (χ4v) is 2.59. The Morgan fingerprint density at radius 1 is 1.56 bits per heavy atom. The van der Waals surface area contributed by atoms with Crippen LogP contribution in [-0.2, 0) is 4.79 Å². The molecule has 1 heterocycles. The fraction of sp³-hybridized carbons (Fsp3) is 0.500. The summed E-state index contributed by atoms with van der Waals surface area (Å²) < 4.78 is 0. The summed E-state index contributed by atoms with van der Waals surface area (Å²) in [5, 5.41) is 4.18. The van der Waals surface area contributed by atoms with Gasteiger partial charge in [-0.25, -0.2) is 0 Å². The van der Waals surface area contributed by atoms with E-state index < -0.39 is 0 Å². The number of nitrogens with zero attached hydrogens (tertiary/aromatic N) is 1. The Labute approximate surface area is 113 Å². The monoisotopic (exact) mass is 266 g/mol. The molecule has 1 aliphatic rings. The van der Waals surface area contributed by atoms with Gasteiger partial charge in [-0.3, -0.25) is 10.1 Å². The van der Waals surface area contributed by atoms with Gasteiger partial charge in [0.15, 0.2) is 0 Å². The highest BCUT2D eigenvalue weighted by molar-refractivity contribution is 6.30. The number of hydrogen-bond donors (Lipinski definition) is 1. The lowest BCUT2D eigenvalue weighted by atomic mass is 10.0. The first-order chi connectivity index (χ1) is 8.61. The molecule has 1 N–H and O–H groups in total. The van der Waals surface area contributed by atoms with E-state index in [9.17, 15) is 4.79 Å². The van der Waals surface area contributed by atoms with Crippen LogP contribution in [0.5, 0.6) is 0 Å².